The number of allylic oxidation sites excluding steroid dienone is 1. The Bertz CT molecular complexity index is 184. The number of hydrogen-bond acceptors (Lipinski definition) is 3. The van der Waals surface area contributed by atoms with Gasteiger partial charge in [0, 0.05) is 24.2 Å². The van der Waals surface area contributed by atoms with E-state index < -0.39 is 0 Å². The van der Waals surface area contributed by atoms with Crippen LogP contribution in [0.3, 0.4) is 0 Å². The average Bonchev–Trinajstić information content (AvgIpc) is 1.88. The molecule has 3 heteroatoms. The van der Waals surface area contributed by atoms with Crippen molar-refractivity contribution in [2.24, 2.45) is 10.7 Å². The third kappa shape index (κ3) is 5.33. The van der Waals surface area contributed by atoms with Crippen molar-refractivity contribution < 1.29 is 0 Å². The van der Waals surface area contributed by atoms with Crippen LogP contribution in [0, 0.1) is 5.41 Å². The van der Waals surface area contributed by atoms with E-state index in [-0.39, 0.29) is 5.54 Å². The molecule has 3 nitrogen and oxygen atoms in total. The smallest absolute Gasteiger partial charge is 0.0524 e. The number of aliphatic imine (C=N–C) groups is 1. The Balaban J connectivity index is 4.23. The third-order valence-corrected chi connectivity index (χ3v) is 0.960. The van der Waals surface area contributed by atoms with E-state index in [1.165, 1.54) is 12.4 Å². The first kappa shape index (κ1) is 9.88. The zero-order chi connectivity index (χ0) is 8.91. The first-order chi connectivity index (χ1) is 4.99. The first-order valence-corrected chi connectivity index (χ1v) is 3.47. The molecule has 62 valence electrons. The van der Waals surface area contributed by atoms with Gasteiger partial charge in [-0.15, -0.1) is 0 Å². The van der Waals surface area contributed by atoms with Crippen LogP contribution < -0.4 is 5.73 Å². The van der Waals surface area contributed by atoms with Crippen molar-refractivity contribution in [3.05, 3.63) is 11.8 Å². The lowest BCUT2D eigenvalue weighted by Crippen LogP contribution is -2.10. The molecular weight excluding hydrogens is 138 g/mol. The van der Waals surface area contributed by atoms with Gasteiger partial charge in [0.15, 0.2) is 0 Å². The molecule has 0 aliphatic rings. The summed E-state index contributed by atoms with van der Waals surface area (Å²) in [6.45, 7) is 5.96. The van der Waals surface area contributed by atoms with Gasteiger partial charge in [-0.2, -0.15) is 0 Å². The van der Waals surface area contributed by atoms with Gasteiger partial charge in [-0.1, -0.05) is 0 Å². The monoisotopic (exact) mass is 153 g/mol. The van der Waals surface area contributed by atoms with Gasteiger partial charge >= 0.3 is 0 Å². The number of rotatable bonds is 2. The summed E-state index contributed by atoms with van der Waals surface area (Å²) >= 11 is 0. The van der Waals surface area contributed by atoms with Gasteiger partial charge < -0.3 is 11.1 Å². The van der Waals surface area contributed by atoms with Gasteiger partial charge in [0.25, 0.3) is 0 Å². The molecule has 0 rings (SSSR count). The van der Waals surface area contributed by atoms with Crippen molar-refractivity contribution in [3.63, 3.8) is 0 Å². The summed E-state index contributed by atoms with van der Waals surface area (Å²) in [5.74, 6) is 0. The van der Waals surface area contributed by atoms with Crippen molar-refractivity contribution in [1.82, 2.24) is 0 Å². The molecule has 0 saturated carbocycles. The van der Waals surface area contributed by atoms with E-state index in [0.717, 1.165) is 0 Å². The first-order valence-electron chi connectivity index (χ1n) is 3.47. The molecule has 0 amide bonds. The fourth-order valence-corrected chi connectivity index (χ4v) is 0.397. The Morgan fingerprint density at radius 3 is 2.27 bits per heavy atom. The second-order valence-electron chi connectivity index (χ2n) is 3.24. The molecule has 0 fully saturated rings. The van der Waals surface area contributed by atoms with Crippen molar-refractivity contribution >= 4 is 12.4 Å². The topological polar surface area (TPSA) is 62.2 Å². The van der Waals surface area contributed by atoms with Gasteiger partial charge in [-0.05, 0) is 20.8 Å². The van der Waals surface area contributed by atoms with Crippen LogP contribution in [-0.4, -0.2) is 18.0 Å². The lowest BCUT2D eigenvalue weighted by molar-refractivity contribution is 0.587. The molecule has 0 aliphatic carbocycles. The molecule has 0 heterocycles. The summed E-state index contributed by atoms with van der Waals surface area (Å²) in [6.07, 6.45) is 4.14. The third-order valence-electron chi connectivity index (χ3n) is 0.960. The SMILES string of the molecule is CC(C)(C)N=C/C(C=N)=C/N. The van der Waals surface area contributed by atoms with Crippen LogP contribution in [0.5, 0.6) is 0 Å². The van der Waals surface area contributed by atoms with E-state index in [4.69, 9.17) is 11.1 Å². The van der Waals surface area contributed by atoms with Gasteiger partial charge in [-0.3, -0.25) is 4.99 Å². The highest BCUT2D eigenvalue weighted by molar-refractivity contribution is 6.02. The largest absolute Gasteiger partial charge is 0.404 e. The van der Waals surface area contributed by atoms with Crippen LogP contribution in [0.1, 0.15) is 20.8 Å². The molecule has 0 unspecified atom stereocenters. The maximum absolute atomic E-state index is 6.90. The molecule has 0 saturated heterocycles. The van der Waals surface area contributed by atoms with Gasteiger partial charge in [0.1, 0.15) is 0 Å². The molecule has 0 aliphatic heterocycles. The highest BCUT2D eigenvalue weighted by atomic mass is 14.8. The zero-order valence-corrected chi connectivity index (χ0v) is 7.26. The number of nitrogens with one attached hydrogen (secondary N) is 1. The highest BCUT2D eigenvalue weighted by Gasteiger charge is 2.04. The number of nitrogens with zero attached hydrogens (tertiary/aromatic N) is 1. The minimum atomic E-state index is -0.0999. The fourth-order valence-electron chi connectivity index (χ4n) is 0.397. The van der Waals surface area contributed by atoms with E-state index in [2.05, 4.69) is 4.99 Å². The van der Waals surface area contributed by atoms with Crippen molar-refractivity contribution in [3.8, 4) is 0 Å². The Morgan fingerprint density at radius 1 is 1.45 bits per heavy atom. The molecule has 0 radical (unpaired) electrons. The maximum Gasteiger partial charge on any atom is 0.0524 e. The molecule has 0 atom stereocenters. The van der Waals surface area contributed by atoms with Crippen LogP contribution in [0.25, 0.3) is 0 Å². The van der Waals surface area contributed by atoms with Crippen LogP contribution in [0.15, 0.2) is 16.8 Å². The molecule has 0 aromatic heterocycles. The second-order valence-corrected chi connectivity index (χ2v) is 3.24. The Kier molecular flexibility index (Phi) is 3.51. The minimum Gasteiger partial charge on any atom is -0.404 e. The van der Waals surface area contributed by atoms with Gasteiger partial charge in [0.05, 0.1) is 5.54 Å². The highest BCUT2D eigenvalue weighted by Crippen LogP contribution is 2.05. The quantitative estimate of drug-likeness (QED) is 0.578. The lowest BCUT2D eigenvalue weighted by Gasteiger charge is -2.10. The number of hydrogen-bond donors (Lipinski definition) is 2. The molecule has 3 N–H and O–H groups in total. The van der Waals surface area contributed by atoms with E-state index in [1.807, 2.05) is 20.8 Å². The average molecular weight is 153 g/mol. The Morgan fingerprint density at radius 2 is 2.00 bits per heavy atom. The lowest BCUT2D eigenvalue weighted by atomic mass is 10.1. The Hall–Kier alpha value is -1.12. The normalized spacial score (nSPS) is 13.9. The summed E-state index contributed by atoms with van der Waals surface area (Å²) in [6, 6.07) is 0. The van der Waals surface area contributed by atoms with Crippen LogP contribution in [-0.2, 0) is 0 Å². The number of nitrogens with two attached hydrogens (primary N) is 1. The fraction of sp³-hybridized carbons (Fsp3) is 0.500. The van der Waals surface area contributed by atoms with Crippen molar-refractivity contribution in [2.75, 3.05) is 0 Å². The summed E-state index contributed by atoms with van der Waals surface area (Å²) in [5.41, 5.74) is 5.73. The van der Waals surface area contributed by atoms with E-state index in [1.54, 1.807) is 6.21 Å². The summed E-state index contributed by atoms with van der Waals surface area (Å²) in [7, 11) is 0. The molecular formula is C8H15N3. The van der Waals surface area contributed by atoms with Crippen molar-refractivity contribution in [1.29, 1.82) is 5.41 Å². The summed E-state index contributed by atoms with van der Waals surface area (Å²) < 4.78 is 0. The summed E-state index contributed by atoms with van der Waals surface area (Å²) in [4.78, 5) is 4.17. The van der Waals surface area contributed by atoms with E-state index >= 15 is 0 Å². The van der Waals surface area contributed by atoms with E-state index in [9.17, 15) is 0 Å². The molecule has 0 spiro atoms. The Labute approximate surface area is 67.5 Å². The van der Waals surface area contributed by atoms with Crippen molar-refractivity contribution in [2.45, 2.75) is 26.3 Å². The van der Waals surface area contributed by atoms with Crippen LogP contribution in [0.2, 0.25) is 0 Å². The van der Waals surface area contributed by atoms with Crippen LogP contribution >= 0.6 is 0 Å². The standard InChI is InChI=1S/C8H15N3/c1-8(2,3)11-6-7(4-9)5-10/h4-6,9H,10H2,1-3H3/b7-5+,9-4?,11-6?. The molecule has 0 bridgehead atoms. The maximum atomic E-state index is 6.90. The molecule has 0 aromatic carbocycles. The zero-order valence-electron chi connectivity index (χ0n) is 7.26. The molecule has 11 heavy (non-hydrogen) atoms. The van der Waals surface area contributed by atoms with Gasteiger partial charge in [-0.25, -0.2) is 0 Å². The predicted octanol–water partition coefficient (Wildman–Crippen LogP) is 1.35. The van der Waals surface area contributed by atoms with E-state index in [0.29, 0.717) is 5.57 Å². The minimum absolute atomic E-state index is 0.0999. The molecule has 0 aromatic rings. The predicted molar refractivity (Wildman–Crippen MR) is 49.3 cm³/mol. The second kappa shape index (κ2) is 3.91. The summed E-state index contributed by atoms with van der Waals surface area (Å²) in [5, 5.41) is 6.90. The van der Waals surface area contributed by atoms with Gasteiger partial charge in [0.2, 0.25) is 0 Å². The van der Waals surface area contributed by atoms with Crippen LogP contribution in [0.4, 0.5) is 0 Å².